The Hall–Kier alpha value is -0.610. The number of hydrogen-bond donors (Lipinski definition) is 2. The Balaban J connectivity index is 0.00000121. The van der Waals surface area contributed by atoms with E-state index in [0.29, 0.717) is 11.0 Å². The molecule has 0 unspecified atom stereocenters. The van der Waals surface area contributed by atoms with Gasteiger partial charge in [0.1, 0.15) is 11.5 Å². The third-order valence-electron chi connectivity index (χ3n) is 1.22. The van der Waals surface area contributed by atoms with E-state index in [1.807, 2.05) is 12.1 Å². The van der Waals surface area contributed by atoms with Gasteiger partial charge in [-0.3, -0.25) is 5.41 Å². The average molecular weight is 251 g/mol. The van der Waals surface area contributed by atoms with Gasteiger partial charge in [-0.15, -0.1) is 12.4 Å². The van der Waals surface area contributed by atoms with Gasteiger partial charge in [0, 0.05) is 5.33 Å². The lowest BCUT2D eigenvalue weighted by atomic mass is 10.3. The minimum Gasteiger partial charge on any atom is -0.382 e. The molecular formula is C7H9BrClN3. The molecule has 5 heteroatoms. The number of alkyl halides is 1. The second kappa shape index (κ2) is 5.11. The number of rotatable bonds is 2. The van der Waals surface area contributed by atoms with E-state index in [2.05, 4.69) is 20.9 Å². The van der Waals surface area contributed by atoms with Gasteiger partial charge in [-0.2, -0.15) is 0 Å². The number of halogens is 2. The first-order valence-electron chi connectivity index (χ1n) is 3.10. The number of aromatic nitrogens is 1. The van der Waals surface area contributed by atoms with Gasteiger partial charge in [0.2, 0.25) is 0 Å². The van der Waals surface area contributed by atoms with Gasteiger partial charge < -0.3 is 5.73 Å². The van der Waals surface area contributed by atoms with Crippen molar-refractivity contribution in [3.8, 4) is 0 Å². The maximum absolute atomic E-state index is 7.11. The summed E-state index contributed by atoms with van der Waals surface area (Å²) in [5.41, 5.74) is 6.66. The van der Waals surface area contributed by atoms with Crippen molar-refractivity contribution in [2.75, 3.05) is 0 Å². The van der Waals surface area contributed by atoms with Gasteiger partial charge in [0.15, 0.2) is 0 Å². The van der Waals surface area contributed by atoms with Crippen LogP contribution < -0.4 is 5.73 Å². The molecule has 66 valence electrons. The lowest BCUT2D eigenvalue weighted by Gasteiger charge is -1.98. The number of amidine groups is 1. The van der Waals surface area contributed by atoms with Crippen LogP contribution in [-0.2, 0) is 5.33 Å². The van der Waals surface area contributed by atoms with Crippen molar-refractivity contribution < 1.29 is 0 Å². The van der Waals surface area contributed by atoms with E-state index in [1.165, 1.54) is 0 Å². The molecule has 0 radical (unpaired) electrons. The minimum atomic E-state index is 0. The molecular weight excluding hydrogens is 241 g/mol. The van der Waals surface area contributed by atoms with Crippen molar-refractivity contribution in [1.82, 2.24) is 4.98 Å². The van der Waals surface area contributed by atoms with Gasteiger partial charge in [-0.05, 0) is 12.1 Å². The third-order valence-corrected chi connectivity index (χ3v) is 1.79. The normalized spacial score (nSPS) is 8.75. The van der Waals surface area contributed by atoms with E-state index in [4.69, 9.17) is 11.1 Å². The second-order valence-electron chi connectivity index (χ2n) is 2.06. The summed E-state index contributed by atoms with van der Waals surface area (Å²) in [4.78, 5) is 4.09. The molecule has 3 nitrogen and oxygen atoms in total. The van der Waals surface area contributed by atoms with Crippen LogP contribution >= 0.6 is 28.3 Å². The van der Waals surface area contributed by atoms with Crippen molar-refractivity contribution in [3.05, 3.63) is 29.6 Å². The SMILES string of the molecule is Cl.N=C(N)c1cccc(CBr)n1. The monoisotopic (exact) mass is 249 g/mol. The maximum Gasteiger partial charge on any atom is 0.141 e. The summed E-state index contributed by atoms with van der Waals surface area (Å²) in [6.45, 7) is 0. The number of nitrogens with two attached hydrogens (primary N) is 1. The van der Waals surface area contributed by atoms with E-state index in [-0.39, 0.29) is 18.2 Å². The molecule has 1 aromatic rings. The lowest BCUT2D eigenvalue weighted by molar-refractivity contribution is 1.15. The number of nitrogen functional groups attached to an aromatic ring is 1. The van der Waals surface area contributed by atoms with Crippen LogP contribution in [-0.4, -0.2) is 10.8 Å². The lowest BCUT2D eigenvalue weighted by Crippen LogP contribution is -2.13. The van der Waals surface area contributed by atoms with E-state index < -0.39 is 0 Å². The molecule has 12 heavy (non-hydrogen) atoms. The van der Waals surface area contributed by atoms with Crippen LogP contribution in [0.25, 0.3) is 0 Å². The molecule has 3 N–H and O–H groups in total. The second-order valence-corrected chi connectivity index (χ2v) is 2.62. The zero-order chi connectivity index (χ0) is 8.27. The summed E-state index contributed by atoms with van der Waals surface area (Å²) in [5, 5.41) is 7.80. The van der Waals surface area contributed by atoms with Crippen molar-refractivity contribution in [3.63, 3.8) is 0 Å². The highest BCUT2D eigenvalue weighted by Crippen LogP contribution is 2.02. The van der Waals surface area contributed by atoms with E-state index in [0.717, 1.165) is 5.69 Å². The first kappa shape index (κ1) is 11.4. The van der Waals surface area contributed by atoms with Gasteiger partial charge in [-0.25, -0.2) is 4.98 Å². The molecule has 0 aliphatic carbocycles. The summed E-state index contributed by atoms with van der Waals surface area (Å²) in [5.74, 6) is 0.00722. The van der Waals surface area contributed by atoms with Gasteiger partial charge in [0.05, 0.1) is 5.69 Å². The fourth-order valence-electron chi connectivity index (χ4n) is 0.704. The Kier molecular flexibility index (Phi) is 4.85. The Morgan fingerprint density at radius 3 is 2.75 bits per heavy atom. The summed E-state index contributed by atoms with van der Waals surface area (Å²) >= 11 is 3.27. The highest BCUT2D eigenvalue weighted by Gasteiger charge is 1.97. The highest BCUT2D eigenvalue weighted by atomic mass is 79.9. The van der Waals surface area contributed by atoms with Crippen LogP contribution in [0, 0.1) is 5.41 Å². The topological polar surface area (TPSA) is 62.8 Å². The quantitative estimate of drug-likeness (QED) is 0.477. The largest absolute Gasteiger partial charge is 0.382 e. The summed E-state index contributed by atoms with van der Waals surface area (Å²) in [6, 6.07) is 5.43. The molecule has 0 spiro atoms. The van der Waals surface area contributed by atoms with Crippen molar-refractivity contribution in [2.45, 2.75) is 5.33 Å². The van der Waals surface area contributed by atoms with Crippen molar-refractivity contribution in [2.24, 2.45) is 5.73 Å². The predicted octanol–water partition coefficient (Wildman–Crippen LogP) is 1.68. The fourth-order valence-corrected chi connectivity index (χ4v) is 1.02. The Bertz CT molecular complexity index is 277. The first-order valence-corrected chi connectivity index (χ1v) is 4.22. The molecule has 0 aliphatic rings. The number of nitrogens with zero attached hydrogens (tertiary/aromatic N) is 1. The number of hydrogen-bond acceptors (Lipinski definition) is 2. The minimum absolute atomic E-state index is 0. The smallest absolute Gasteiger partial charge is 0.141 e. The highest BCUT2D eigenvalue weighted by molar-refractivity contribution is 9.08. The molecule has 1 heterocycles. The van der Waals surface area contributed by atoms with Gasteiger partial charge in [-0.1, -0.05) is 22.0 Å². The summed E-state index contributed by atoms with van der Waals surface area (Å²) in [7, 11) is 0. The van der Waals surface area contributed by atoms with Crippen LogP contribution in [0.1, 0.15) is 11.4 Å². The fraction of sp³-hybridized carbons (Fsp3) is 0.143. The summed E-state index contributed by atoms with van der Waals surface area (Å²) < 4.78 is 0. The van der Waals surface area contributed by atoms with Gasteiger partial charge in [0.25, 0.3) is 0 Å². The molecule has 0 saturated carbocycles. The molecule has 0 aromatic carbocycles. The standard InChI is InChI=1S/C7H8BrN3.ClH/c8-4-5-2-1-3-6(11-5)7(9)10;/h1-3H,4H2,(H3,9,10);1H. The van der Waals surface area contributed by atoms with Crippen LogP contribution in [0.15, 0.2) is 18.2 Å². The van der Waals surface area contributed by atoms with Crippen LogP contribution in [0.3, 0.4) is 0 Å². The third kappa shape index (κ3) is 2.79. The first-order chi connectivity index (χ1) is 5.24. The molecule has 1 aromatic heterocycles. The zero-order valence-corrected chi connectivity index (χ0v) is 8.65. The predicted molar refractivity (Wildman–Crippen MR) is 55.1 cm³/mol. The van der Waals surface area contributed by atoms with Gasteiger partial charge >= 0.3 is 0 Å². The summed E-state index contributed by atoms with van der Waals surface area (Å²) in [6.07, 6.45) is 0. The Morgan fingerprint density at radius 2 is 2.25 bits per heavy atom. The van der Waals surface area contributed by atoms with Crippen LogP contribution in [0.2, 0.25) is 0 Å². The molecule has 1 rings (SSSR count). The number of nitrogens with one attached hydrogen (secondary N) is 1. The number of pyridine rings is 1. The molecule has 0 atom stereocenters. The molecule has 0 aliphatic heterocycles. The Labute approximate surface area is 85.4 Å². The maximum atomic E-state index is 7.11. The van der Waals surface area contributed by atoms with Crippen LogP contribution in [0.4, 0.5) is 0 Å². The molecule has 0 amide bonds. The van der Waals surface area contributed by atoms with E-state index in [9.17, 15) is 0 Å². The van der Waals surface area contributed by atoms with E-state index >= 15 is 0 Å². The van der Waals surface area contributed by atoms with Crippen molar-refractivity contribution in [1.29, 1.82) is 5.41 Å². The van der Waals surface area contributed by atoms with E-state index in [1.54, 1.807) is 6.07 Å². The molecule has 0 saturated heterocycles. The Morgan fingerprint density at radius 1 is 1.58 bits per heavy atom. The van der Waals surface area contributed by atoms with Crippen molar-refractivity contribution >= 4 is 34.2 Å². The molecule has 0 bridgehead atoms. The molecule has 0 fully saturated rings. The zero-order valence-electron chi connectivity index (χ0n) is 6.25. The average Bonchev–Trinajstić information content (AvgIpc) is 2.05. The van der Waals surface area contributed by atoms with Crippen LogP contribution in [0.5, 0.6) is 0 Å².